The Bertz CT molecular complexity index is 901. The molecule has 0 saturated carbocycles. The van der Waals surface area contributed by atoms with Gasteiger partial charge in [0.25, 0.3) is 5.91 Å². The summed E-state index contributed by atoms with van der Waals surface area (Å²) in [5, 5.41) is 14.4. The van der Waals surface area contributed by atoms with E-state index in [9.17, 15) is 18.0 Å². The fraction of sp³-hybridized carbons (Fsp3) is 0.111. The molecular formula is C18H13ClF3N3O. The van der Waals surface area contributed by atoms with E-state index in [-0.39, 0.29) is 0 Å². The number of halogens is 4. The number of nitrogens with one attached hydrogen (secondary N) is 2. The molecule has 0 aromatic heterocycles. The zero-order valence-electron chi connectivity index (χ0n) is 13.5. The van der Waals surface area contributed by atoms with Crippen molar-refractivity contribution < 1.29 is 18.0 Å². The maximum Gasteiger partial charge on any atom is 0.418 e. The molecule has 0 bridgehead atoms. The molecule has 0 spiro atoms. The van der Waals surface area contributed by atoms with Crippen LogP contribution in [0.4, 0.5) is 24.5 Å². The van der Waals surface area contributed by atoms with Crippen LogP contribution in [0.25, 0.3) is 0 Å². The van der Waals surface area contributed by atoms with E-state index in [4.69, 9.17) is 16.9 Å². The number of rotatable bonds is 4. The maximum absolute atomic E-state index is 13.0. The van der Waals surface area contributed by atoms with Crippen molar-refractivity contribution in [2.75, 3.05) is 10.6 Å². The smallest absolute Gasteiger partial charge is 0.360 e. The van der Waals surface area contributed by atoms with E-state index in [0.717, 1.165) is 23.9 Å². The number of alkyl halides is 3. The fourth-order valence-electron chi connectivity index (χ4n) is 2.02. The highest BCUT2D eigenvalue weighted by molar-refractivity contribution is 6.31. The molecule has 2 rings (SSSR count). The SMILES string of the molecule is Cc1ccc(N/C=C(/C#N)C(=O)Nc2ccccc2C(F)(F)F)cc1Cl. The summed E-state index contributed by atoms with van der Waals surface area (Å²) in [5.41, 5.74) is -0.438. The molecule has 4 nitrogen and oxygen atoms in total. The van der Waals surface area contributed by atoms with Crippen molar-refractivity contribution in [3.63, 3.8) is 0 Å². The molecule has 1 amide bonds. The number of carbonyl (C=O) groups is 1. The highest BCUT2D eigenvalue weighted by Gasteiger charge is 2.33. The standard InChI is InChI=1S/C18H13ClF3N3O/c1-11-6-7-13(8-15(11)19)24-10-12(9-23)17(26)25-16-5-3-2-4-14(16)18(20,21)22/h2-8,10,24H,1H3,(H,25,26)/b12-10-. The minimum Gasteiger partial charge on any atom is -0.360 e. The van der Waals surface area contributed by atoms with E-state index < -0.39 is 28.9 Å². The number of benzene rings is 2. The summed E-state index contributed by atoms with van der Waals surface area (Å²) in [6, 6.07) is 11.2. The number of anilines is 2. The quantitative estimate of drug-likeness (QED) is 0.572. The summed E-state index contributed by atoms with van der Waals surface area (Å²) >= 11 is 5.98. The van der Waals surface area contributed by atoms with Crippen LogP contribution in [0, 0.1) is 18.3 Å². The highest BCUT2D eigenvalue weighted by Crippen LogP contribution is 2.34. The average molecular weight is 380 g/mol. The first-order chi connectivity index (χ1) is 12.2. The fourth-order valence-corrected chi connectivity index (χ4v) is 2.20. The van der Waals surface area contributed by atoms with Gasteiger partial charge in [-0.2, -0.15) is 18.4 Å². The lowest BCUT2D eigenvalue weighted by atomic mass is 10.1. The number of nitrogens with zero attached hydrogens (tertiary/aromatic N) is 1. The van der Waals surface area contributed by atoms with Gasteiger partial charge in [0.2, 0.25) is 0 Å². The Hall–Kier alpha value is -2.98. The van der Waals surface area contributed by atoms with Crippen LogP contribution >= 0.6 is 11.6 Å². The summed E-state index contributed by atoms with van der Waals surface area (Å²) in [5.74, 6) is -0.963. The Kier molecular flexibility index (Phi) is 5.90. The van der Waals surface area contributed by atoms with Crippen LogP contribution in [-0.4, -0.2) is 5.91 Å². The molecule has 2 aromatic carbocycles. The van der Waals surface area contributed by atoms with E-state index in [1.165, 1.54) is 12.1 Å². The van der Waals surface area contributed by atoms with Crippen LogP contribution in [0.5, 0.6) is 0 Å². The first-order valence-corrected chi connectivity index (χ1v) is 7.70. The second-order valence-corrected chi connectivity index (χ2v) is 5.68. The molecule has 0 aliphatic carbocycles. The van der Waals surface area contributed by atoms with Gasteiger partial charge >= 0.3 is 6.18 Å². The number of para-hydroxylation sites is 1. The van der Waals surface area contributed by atoms with Crippen molar-refractivity contribution in [2.24, 2.45) is 0 Å². The lowest BCUT2D eigenvalue weighted by Crippen LogP contribution is -2.18. The van der Waals surface area contributed by atoms with Gasteiger partial charge < -0.3 is 10.6 Å². The van der Waals surface area contributed by atoms with Gasteiger partial charge in [-0.1, -0.05) is 29.8 Å². The molecule has 0 fully saturated rings. The van der Waals surface area contributed by atoms with Crippen LogP contribution in [-0.2, 0) is 11.0 Å². The molecule has 134 valence electrons. The number of nitriles is 1. The minimum atomic E-state index is -4.63. The summed E-state index contributed by atoms with van der Waals surface area (Å²) < 4.78 is 38.9. The Balaban J connectivity index is 2.19. The van der Waals surface area contributed by atoms with E-state index in [0.29, 0.717) is 10.7 Å². The number of hydrogen-bond acceptors (Lipinski definition) is 3. The Labute approximate surface area is 152 Å². The van der Waals surface area contributed by atoms with Gasteiger partial charge in [-0.05, 0) is 36.8 Å². The van der Waals surface area contributed by atoms with Crippen molar-refractivity contribution in [3.8, 4) is 6.07 Å². The number of hydrogen-bond donors (Lipinski definition) is 2. The first-order valence-electron chi connectivity index (χ1n) is 7.33. The van der Waals surface area contributed by atoms with Crippen molar-refractivity contribution in [1.82, 2.24) is 0 Å². The van der Waals surface area contributed by atoms with Crippen LogP contribution in [0.15, 0.2) is 54.2 Å². The summed E-state index contributed by atoms with van der Waals surface area (Å²) in [7, 11) is 0. The predicted octanol–water partition coefficient (Wildman–Crippen LogP) is 5.13. The third kappa shape index (κ3) is 4.77. The largest absolute Gasteiger partial charge is 0.418 e. The Morgan fingerprint density at radius 2 is 1.92 bits per heavy atom. The highest BCUT2D eigenvalue weighted by atomic mass is 35.5. The number of aryl methyl sites for hydroxylation is 1. The third-order valence-corrected chi connectivity index (χ3v) is 3.81. The number of carbonyl (C=O) groups excluding carboxylic acids is 1. The zero-order valence-corrected chi connectivity index (χ0v) is 14.2. The number of amides is 1. The van der Waals surface area contributed by atoms with Gasteiger partial charge in [-0.15, -0.1) is 0 Å². The van der Waals surface area contributed by atoms with Crippen LogP contribution in [0.3, 0.4) is 0 Å². The molecule has 26 heavy (non-hydrogen) atoms. The summed E-state index contributed by atoms with van der Waals surface area (Å²) in [4.78, 5) is 12.1. The molecule has 0 saturated heterocycles. The zero-order chi connectivity index (χ0) is 19.3. The normalized spacial score (nSPS) is 11.6. The lowest BCUT2D eigenvalue weighted by molar-refractivity contribution is -0.137. The first kappa shape index (κ1) is 19.3. The van der Waals surface area contributed by atoms with Gasteiger partial charge in [0, 0.05) is 16.9 Å². The van der Waals surface area contributed by atoms with Crippen LogP contribution < -0.4 is 10.6 Å². The average Bonchev–Trinajstić information content (AvgIpc) is 2.58. The van der Waals surface area contributed by atoms with Gasteiger partial charge in [-0.25, -0.2) is 0 Å². The lowest BCUT2D eigenvalue weighted by Gasteiger charge is -2.13. The molecule has 0 aliphatic rings. The van der Waals surface area contributed by atoms with E-state index in [1.807, 2.05) is 6.92 Å². The van der Waals surface area contributed by atoms with Gasteiger partial charge in [0.05, 0.1) is 11.3 Å². The summed E-state index contributed by atoms with van der Waals surface area (Å²) in [6.07, 6.45) is -3.52. The molecule has 0 radical (unpaired) electrons. The molecular weight excluding hydrogens is 367 g/mol. The Morgan fingerprint density at radius 1 is 1.23 bits per heavy atom. The molecule has 0 unspecified atom stereocenters. The molecule has 2 aromatic rings. The third-order valence-electron chi connectivity index (χ3n) is 3.40. The van der Waals surface area contributed by atoms with Crippen molar-refractivity contribution >= 4 is 28.9 Å². The molecule has 2 N–H and O–H groups in total. The topological polar surface area (TPSA) is 64.9 Å². The molecule has 0 aliphatic heterocycles. The van der Waals surface area contributed by atoms with Gasteiger partial charge in [0.1, 0.15) is 11.6 Å². The minimum absolute atomic E-state index is 0.390. The van der Waals surface area contributed by atoms with E-state index in [1.54, 1.807) is 24.3 Å². The van der Waals surface area contributed by atoms with Gasteiger partial charge in [0.15, 0.2) is 0 Å². The van der Waals surface area contributed by atoms with E-state index in [2.05, 4.69) is 10.6 Å². The van der Waals surface area contributed by atoms with Crippen molar-refractivity contribution in [3.05, 3.63) is 70.4 Å². The van der Waals surface area contributed by atoms with Gasteiger partial charge in [-0.3, -0.25) is 4.79 Å². The summed E-state index contributed by atoms with van der Waals surface area (Å²) in [6.45, 7) is 1.81. The van der Waals surface area contributed by atoms with Crippen LogP contribution in [0.1, 0.15) is 11.1 Å². The molecule has 0 heterocycles. The monoisotopic (exact) mass is 379 g/mol. The van der Waals surface area contributed by atoms with Crippen LogP contribution in [0.2, 0.25) is 5.02 Å². The molecule has 8 heteroatoms. The van der Waals surface area contributed by atoms with Crippen molar-refractivity contribution in [2.45, 2.75) is 13.1 Å². The Morgan fingerprint density at radius 3 is 2.54 bits per heavy atom. The second kappa shape index (κ2) is 7.93. The predicted molar refractivity (Wildman–Crippen MR) is 93.6 cm³/mol. The second-order valence-electron chi connectivity index (χ2n) is 5.28. The van der Waals surface area contributed by atoms with Crippen molar-refractivity contribution in [1.29, 1.82) is 5.26 Å². The molecule has 0 atom stereocenters. The van der Waals surface area contributed by atoms with E-state index >= 15 is 0 Å². The maximum atomic E-state index is 13.0.